The van der Waals surface area contributed by atoms with Gasteiger partial charge >= 0.3 is 0 Å². The fourth-order valence-corrected chi connectivity index (χ4v) is 4.74. The lowest BCUT2D eigenvalue weighted by atomic mass is 9.99. The predicted molar refractivity (Wildman–Crippen MR) is 125 cm³/mol. The molecule has 0 bridgehead atoms. The van der Waals surface area contributed by atoms with Gasteiger partial charge in [0.2, 0.25) is 0 Å². The molecule has 2 N–H and O–H groups in total. The zero-order valence-electron chi connectivity index (χ0n) is 19.0. The first kappa shape index (κ1) is 21.4. The summed E-state index contributed by atoms with van der Waals surface area (Å²) in [7, 11) is 0. The number of benzene rings is 1. The maximum atomic E-state index is 13.4. The van der Waals surface area contributed by atoms with Crippen molar-refractivity contribution in [1.82, 2.24) is 14.8 Å². The van der Waals surface area contributed by atoms with Gasteiger partial charge in [-0.25, -0.2) is 0 Å². The molecule has 31 heavy (non-hydrogen) atoms. The average Bonchev–Trinajstić information content (AvgIpc) is 3.18. The molecular weight excluding hydrogens is 388 g/mol. The monoisotopic (exact) mass is 420 g/mol. The molecular formula is C25H32N4O2. The lowest BCUT2D eigenvalue weighted by Gasteiger charge is -2.25. The van der Waals surface area contributed by atoms with Crippen LogP contribution < -0.4 is 5.32 Å². The van der Waals surface area contributed by atoms with Crippen LogP contribution in [-0.4, -0.2) is 59.3 Å². The fraction of sp³-hybridized carbons (Fsp3) is 0.440. The molecule has 2 aliphatic rings. The molecule has 3 heterocycles. The van der Waals surface area contributed by atoms with E-state index in [1.54, 1.807) is 0 Å². The van der Waals surface area contributed by atoms with Crippen molar-refractivity contribution in [2.75, 3.05) is 38.0 Å². The Labute approximate surface area is 184 Å². The van der Waals surface area contributed by atoms with Crippen molar-refractivity contribution in [3.63, 3.8) is 0 Å². The number of carbonyl (C=O) groups excluding carboxylic acids is 2. The van der Waals surface area contributed by atoms with E-state index < -0.39 is 0 Å². The van der Waals surface area contributed by atoms with Crippen LogP contribution in [0.15, 0.2) is 18.2 Å². The normalized spacial score (nSPS) is 17.2. The van der Waals surface area contributed by atoms with Crippen LogP contribution in [0.1, 0.15) is 58.7 Å². The highest BCUT2D eigenvalue weighted by molar-refractivity contribution is 6.35. The van der Waals surface area contributed by atoms with E-state index in [9.17, 15) is 9.59 Å². The number of likely N-dealkylation sites (N-methyl/N-ethyl adjacent to an activating group) is 1. The van der Waals surface area contributed by atoms with E-state index in [0.717, 1.165) is 84.9 Å². The van der Waals surface area contributed by atoms with Gasteiger partial charge in [-0.2, -0.15) is 0 Å². The molecule has 0 fully saturated rings. The van der Waals surface area contributed by atoms with Gasteiger partial charge in [0.15, 0.2) is 0 Å². The number of aromatic nitrogens is 1. The number of carbonyl (C=O) groups is 2. The van der Waals surface area contributed by atoms with Crippen molar-refractivity contribution >= 4 is 29.2 Å². The summed E-state index contributed by atoms with van der Waals surface area (Å²) in [6.07, 6.45) is 3.69. The highest BCUT2D eigenvalue weighted by Gasteiger charge is 2.29. The first-order chi connectivity index (χ1) is 14.9. The van der Waals surface area contributed by atoms with Crippen LogP contribution >= 0.6 is 0 Å². The Bertz CT molecular complexity index is 1050. The van der Waals surface area contributed by atoms with Gasteiger partial charge < -0.3 is 20.1 Å². The minimum absolute atomic E-state index is 0.0966. The van der Waals surface area contributed by atoms with Crippen molar-refractivity contribution in [3.8, 4) is 0 Å². The number of nitrogens with one attached hydrogen (secondary N) is 2. The van der Waals surface area contributed by atoms with Crippen LogP contribution in [0.25, 0.3) is 11.6 Å². The largest absolute Gasteiger partial charge is 0.358 e. The topological polar surface area (TPSA) is 68.4 Å². The molecule has 6 heteroatoms. The van der Waals surface area contributed by atoms with Crippen molar-refractivity contribution in [1.29, 1.82) is 0 Å². The molecule has 2 aromatic rings. The van der Waals surface area contributed by atoms with Gasteiger partial charge in [-0.3, -0.25) is 9.59 Å². The molecule has 6 nitrogen and oxygen atoms in total. The summed E-state index contributed by atoms with van der Waals surface area (Å²) in [4.78, 5) is 33.8. The summed E-state index contributed by atoms with van der Waals surface area (Å²) < 4.78 is 0. The van der Waals surface area contributed by atoms with Gasteiger partial charge in [-0.15, -0.1) is 0 Å². The van der Waals surface area contributed by atoms with Gasteiger partial charge in [0, 0.05) is 42.3 Å². The third-order valence-electron chi connectivity index (χ3n) is 6.63. The number of hydrogen-bond donors (Lipinski definition) is 2. The molecule has 0 aliphatic carbocycles. The Morgan fingerprint density at radius 3 is 2.65 bits per heavy atom. The number of anilines is 1. The van der Waals surface area contributed by atoms with E-state index >= 15 is 0 Å². The van der Waals surface area contributed by atoms with Gasteiger partial charge in [0.05, 0.1) is 11.1 Å². The number of fused-ring (bicyclic) bond motifs is 2. The van der Waals surface area contributed by atoms with Crippen LogP contribution in [0.3, 0.4) is 0 Å². The molecule has 0 radical (unpaired) electrons. The molecule has 1 aromatic carbocycles. The second-order valence-electron chi connectivity index (χ2n) is 8.45. The van der Waals surface area contributed by atoms with Gasteiger partial charge in [-0.05, 0) is 63.0 Å². The number of hydrogen-bond acceptors (Lipinski definition) is 3. The van der Waals surface area contributed by atoms with Crippen LogP contribution in [0.2, 0.25) is 0 Å². The number of aromatic amines is 1. The number of rotatable bonds is 6. The summed E-state index contributed by atoms with van der Waals surface area (Å²) >= 11 is 0. The van der Waals surface area contributed by atoms with E-state index in [1.807, 2.05) is 43.0 Å². The molecule has 2 amide bonds. The van der Waals surface area contributed by atoms with Crippen LogP contribution in [0.5, 0.6) is 0 Å². The molecule has 164 valence electrons. The Hall–Kier alpha value is -2.86. The van der Waals surface area contributed by atoms with E-state index in [-0.39, 0.29) is 11.8 Å². The van der Waals surface area contributed by atoms with Crippen molar-refractivity contribution in [2.45, 2.75) is 40.5 Å². The van der Waals surface area contributed by atoms with Crippen molar-refractivity contribution < 1.29 is 9.59 Å². The molecule has 2 aliphatic heterocycles. The van der Waals surface area contributed by atoms with Gasteiger partial charge in [0.1, 0.15) is 0 Å². The molecule has 0 atom stereocenters. The van der Waals surface area contributed by atoms with E-state index in [0.29, 0.717) is 5.57 Å². The highest BCUT2D eigenvalue weighted by atomic mass is 16.2. The van der Waals surface area contributed by atoms with Gasteiger partial charge in [-0.1, -0.05) is 26.0 Å². The summed E-state index contributed by atoms with van der Waals surface area (Å²) in [6, 6.07) is 5.89. The summed E-state index contributed by atoms with van der Waals surface area (Å²) in [5, 5.41) is 2.95. The van der Waals surface area contributed by atoms with E-state index in [4.69, 9.17) is 0 Å². The molecule has 0 unspecified atom stereocenters. The maximum Gasteiger partial charge on any atom is 0.256 e. The first-order valence-corrected chi connectivity index (χ1v) is 11.3. The molecule has 0 saturated carbocycles. The lowest BCUT2D eigenvalue weighted by molar-refractivity contribution is -0.110. The quantitative estimate of drug-likeness (QED) is 0.698. The second kappa shape index (κ2) is 8.71. The standard InChI is InChI=1S/C25H32N4O2/c1-5-28(6-2)13-14-29-12-8-11-20-23(25(29)31)17(4)21(26-20)15-18-22-16(3)9-7-10-19(22)27-24(18)30/h7,9-10,15,26H,5-6,8,11-14H2,1-4H3,(H,27,30)/b18-15-. The summed E-state index contributed by atoms with van der Waals surface area (Å²) in [6.45, 7) is 12.7. The number of H-pyrrole nitrogens is 1. The highest BCUT2D eigenvalue weighted by Crippen LogP contribution is 2.36. The second-order valence-corrected chi connectivity index (χ2v) is 8.45. The number of nitrogens with zero attached hydrogens (tertiary/aromatic N) is 2. The summed E-state index contributed by atoms with van der Waals surface area (Å²) in [5.41, 5.74) is 7.06. The van der Waals surface area contributed by atoms with Crippen molar-refractivity contribution in [3.05, 3.63) is 51.8 Å². The smallest absolute Gasteiger partial charge is 0.256 e. The minimum atomic E-state index is -0.0966. The average molecular weight is 421 g/mol. The van der Waals surface area contributed by atoms with Crippen LogP contribution in [-0.2, 0) is 11.2 Å². The molecule has 4 rings (SSSR count). The number of aryl methyl sites for hydroxylation is 2. The van der Waals surface area contributed by atoms with Crippen molar-refractivity contribution in [2.24, 2.45) is 0 Å². The Morgan fingerprint density at radius 2 is 1.90 bits per heavy atom. The molecule has 0 spiro atoms. The Morgan fingerprint density at radius 1 is 1.13 bits per heavy atom. The van der Waals surface area contributed by atoms with Gasteiger partial charge in [0.25, 0.3) is 11.8 Å². The Balaban J connectivity index is 1.66. The molecule has 0 saturated heterocycles. The zero-order chi connectivity index (χ0) is 22.1. The Kier molecular flexibility index (Phi) is 6.01. The summed E-state index contributed by atoms with van der Waals surface area (Å²) in [5.74, 6) is 0.00572. The van der Waals surface area contributed by atoms with E-state index in [1.165, 1.54) is 0 Å². The van der Waals surface area contributed by atoms with Crippen LogP contribution in [0.4, 0.5) is 5.69 Å². The molecule has 1 aromatic heterocycles. The lowest BCUT2D eigenvalue weighted by Crippen LogP contribution is -2.38. The predicted octanol–water partition coefficient (Wildman–Crippen LogP) is 3.85. The first-order valence-electron chi connectivity index (χ1n) is 11.3. The SMILES string of the molecule is CCN(CC)CCN1CCCc2[nH]c(/C=C3\C(=O)Nc4cccc(C)c43)c(C)c2C1=O. The maximum absolute atomic E-state index is 13.4. The fourth-order valence-electron chi connectivity index (χ4n) is 4.74. The third-order valence-corrected chi connectivity index (χ3v) is 6.63. The minimum Gasteiger partial charge on any atom is -0.358 e. The van der Waals surface area contributed by atoms with Crippen LogP contribution in [0, 0.1) is 13.8 Å². The number of amides is 2. The van der Waals surface area contributed by atoms with E-state index in [2.05, 4.69) is 29.0 Å². The third kappa shape index (κ3) is 3.92. The zero-order valence-corrected chi connectivity index (χ0v) is 19.0.